The quantitative estimate of drug-likeness (QED) is 0.868. The van der Waals surface area contributed by atoms with Crippen LogP contribution >= 0.6 is 22.6 Å². The van der Waals surface area contributed by atoms with Crippen molar-refractivity contribution in [1.29, 1.82) is 0 Å². The molecule has 0 saturated heterocycles. The highest BCUT2D eigenvalue weighted by atomic mass is 127. The average molecular weight is 290 g/mol. The smallest absolute Gasteiger partial charge is 0.307 e. The van der Waals surface area contributed by atoms with E-state index < -0.39 is 5.97 Å². The molecule has 0 aromatic heterocycles. The van der Waals surface area contributed by atoms with Crippen LogP contribution < -0.4 is 0 Å². The summed E-state index contributed by atoms with van der Waals surface area (Å²) in [7, 11) is 0. The van der Waals surface area contributed by atoms with Crippen molar-refractivity contribution in [3.05, 3.63) is 32.9 Å². The van der Waals surface area contributed by atoms with Gasteiger partial charge in [0.25, 0.3) is 0 Å². The van der Waals surface area contributed by atoms with Crippen molar-refractivity contribution in [3.63, 3.8) is 0 Å². The highest BCUT2D eigenvalue weighted by Crippen LogP contribution is 2.15. The third-order valence-electron chi connectivity index (χ3n) is 1.85. The monoisotopic (exact) mass is 290 g/mol. The van der Waals surface area contributed by atoms with E-state index in [2.05, 4.69) is 29.5 Å². The van der Waals surface area contributed by atoms with Gasteiger partial charge in [0.15, 0.2) is 0 Å². The second-order valence-electron chi connectivity index (χ2n) is 2.85. The molecule has 70 valence electrons. The van der Waals surface area contributed by atoms with E-state index in [9.17, 15) is 4.79 Å². The fourth-order valence-electron chi connectivity index (χ4n) is 1.16. The zero-order valence-electron chi connectivity index (χ0n) is 7.38. The van der Waals surface area contributed by atoms with Crippen LogP contribution in [0.3, 0.4) is 0 Å². The number of hydrogen-bond donors (Lipinski definition) is 1. The zero-order chi connectivity index (χ0) is 9.84. The van der Waals surface area contributed by atoms with E-state index in [1.54, 1.807) is 0 Å². The molecule has 3 heteroatoms. The van der Waals surface area contributed by atoms with Gasteiger partial charge in [-0.25, -0.2) is 0 Å². The maximum absolute atomic E-state index is 10.4. The second-order valence-corrected chi connectivity index (χ2v) is 4.01. The molecule has 0 atom stereocenters. The van der Waals surface area contributed by atoms with E-state index in [1.807, 2.05) is 18.2 Å². The summed E-state index contributed by atoms with van der Waals surface area (Å²) >= 11 is 2.24. The van der Waals surface area contributed by atoms with Gasteiger partial charge < -0.3 is 5.11 Å². The van der Waals surface area contributed by atoms with Crippen LogP contribution in [0.25, 0.3) is 0 Å². The van der Waals surface area contributed by atoms with E-state index in [4.69, 9.17) is 5.11 Å². The van der Waals surface area contributed by atoms with Crippen molar-refractivity contribution in [2.45, 2.75) is 19.8 Å². The van der Waals surface area contributed by atoms with Gasteiger partial charge in [0.1, 0.15) is 0 Å². The first-order valence-electron chi connectivity index (χ1n) is 4.12. The lowest BCUT2D eigenvalue weighted by Gasteiger charge is -2.03. The first kappa shape index (κ1) is 10.5. The first-order chi connectivity index (χ1) is 6.13. The largest absolute Gasteiger partial charge is 0.481 e. The maximum atomic E-state index is 10.4. The molecule has 1 N–H and O–H groups in total. The molecule has 0 bridgehead atoms. The fraction of sp³-hybridized carbons (Fsp3) is 0.300. The summed E-state index contributed by atoms with van der Waals surface area (Å²) in [5, 5.41) is 8.58. The van der Waals surface area contributed by atoms with Crippen LogP contribution in [-0.2, 0) is 17.6 Å². The lowest BCUT2D eigenvalue weighted by atomic mass is 10.1. The lowest BCUT2D eigenvalue weighted by molar-refractivity contribution is -0.136. The van der Waals surface area contributed by atoms with Crippen molar-refractivity contribution in [3.8, 4) is 0 Å². The van der Waals surface area contributed by atoms with Crippen LogP contribution in [0.4, 0.5) is 0 Å². The predicted molar refractivity (Wildman–Crippen MR) is 59.9 cm³/mol. The average Bonchev–Trinajstić information content (AvgIpc) is 2.03. The molecular formula is C10H11IO2. The first-order valence-corrected chi connectivity index (χ1v) is 5.20. The SMILES string of the molecule is CCc1ccc(CC(=O)O)cc1I. The highest BCUT2D eigenvalue weighted by Gasteiger charge is 2.03. The Morgan fingerprint density at radius 1 is 1.54 bits per heavy atom. The number of carbonyl (C=O) groups is 1. The van der Waals surface area contributed by atoms with Crippen molar-refractivity contribution in [1.82, 2.24) is 0 Å². The summed E-state index contributed by atoms with van der Waals surface area (Å²) in [5.74, 6) is -0.778. The van der Waals surface area contributed by atoms with Crippen LogP contribution in [0.15, 0.2) is 18.2 Å². The van der Waals surface area contributed by atoms with Crippen molar-refractivity contribution in [2.24, 2.45) is 0 Å². The van der Waals surface area contributed by atoms with Gasteiger partial charge in [0, 0.05) is 3.57 Å². The molecule has 0 unspecified atom stereocenters. The summed E-state index contributed by atoms with van der Waals surface area (Å²) in [6.45, 7) is 2.09. The van der Waals surface area contributed by atoms with E-state index in [1.165, 1.54) is 5.56 Å². The van der Waals surface area contributed by atoms with Gasteiger partial charge in [0.2, 0.25) is 0 Å². The van der Waals surface area contributed by atoms with Crippen molar-refractivity contribution >= 4 is 28.6 Å². The predicted octanol–water partition coefficient (Wildman–Crippen LogP) is 2.48. The molecule has 0 fully saturated rings. The molecule has 1 aromatic carbocycles. The number of aliphatic carboxylic acids is 1. The molecule has 2 nitrogen and oxygen atoms in total. The molecule has 0 aliphatic heterocycles. The van der Waals surface area contributed by atoms with Crippen molar-refractivity contribution in [2.75, 3.05) is 0 Å². The summed E-state index contributed by atoms with van der Waals surface area (Å²) in [6.07, 6.45) is 1.10. The zero-order valence-corrected chi connectivity index (χ0v) is 9.54. The molecule has 0 heterocycles. The maximum Gasteiger partial charge on any atom is 0.307 e. The standard InChI is InChI=1S/C10H11IO2/c1-2-8-4-3-7(5-9(8)11)6-10(12)13/h3-5H,2,6H2,1H3,(H,12,13). The molecule has 0 aliphatic carbocycles. The molecule has 0 spiro atoms. The third-order valence-corrected chi connectivity index (χ3v) is 2.86. The number of benzene rings is 1. The van der Waals surface area contributed by atoms with E-state index in [0.717, 1.165) is 15.6 Å². The molecule has 1 rings (SSSR count). The molecule has 0 radical (unpaired) electrons. The highest BCUT2D eigenvalue weighted by molar-refractivity contribution is 14.1. The van der Waals surface area contributed by atoms with E-state index >= 15 is 0 Å². The molecule has 0 aliphatic rings. The minimum Gasteiger partial charge on any atom is -0.481 e. The lowest BCUT2D eigenvalue weighted by Crippen LogP contribution is -2.00. The van der Waals surface area contributed by atoms with E-state index in [-0.39, 0.29) is 6.42 Å². The van der Waals surface area contributed by atoms with Gasteiger partial charge in [-0.05, 0) is 46.2 Å². The molecule has 0 saturated carbocycles. The van der Waals surface area contributed by atoms with Crippen molar-refractivity contribution < 1.29 is 9.90 Å². The number of carboxylic acids is 1. The number of rotatable bonds is 3. The normalized spacial score (nSPS) is 10.0. The fourth-order valence-corrected chi connectivity index (χ4v) is 2.12. The Kier molecular flexibility index (Phi) is 3.71. The Morgan fingerprint density at radius 3 is 2.69 bits per heavy atom. The van der Waals surface area contributed by atoms with Crippen LogP contribution in [0.2, 0.25) is 0 Å². The molecular weight excluding hydrogens is 279 g/mol. The van der Waals surface area contributed by atoms with Gasteiger partial charge >= 0.3 is 5.97 Å². The Hall–Kier alpha value is -0.580. The number of carboxylic acid groups (broad SMARTS) is 1. The van der Waals surface area contributed by atoms with Gasteiger partial charge in [-0.1, -0.05) is 19.1 Å². The van der Waals surface area contributed by atoms with Crippen LogP contribution in [0, 0.1) is 3.57 Å². The van der Waals surface area contributed by atoms with E-state index in [0.29, 0.717) is 0 Å². The Morgan fingerprint density at radius 2 is 2.23 bits per heavy atom. The Bertz CT molecular complexity index is 321. The Balaban J connectivity index is 2.89. The van der Waals surface area contributed by atoms with Gasteiger partial charge in [0.05, 0.1) is 6.42 Å². The Labute approximate surface area is 91.1 Å². The van der Waals surface area contributed by atoms with Crippen LogP contribution in [-0.4, -0.2) is 11.1 Å². The summed E-state index contributed by atoms with van der Waals surface area (Å²) in [5.41, 5.74) is 2.14. The third kappa shape index (κ3) is 2.99. The van der Waals surface area contributed by atoms with Crippen LogP contribution in [0.5, 0.6) is 0 Å². The van der Waals surface area contributed by atoms with Gasteiger partial charge in [-0.15, -0.1) is 0 Å². The van der Waals surface area contributed by atoms with Gasteiger partial charge in [-0.3, -0.25) is 4.79 Å². The minimum absolute atomic E-state index is 0.111. The number of halogens is 1. The number of aryl methyl sites for hydroxylation is 1. The summed E-state index contributed by atoms with van der Waals surface area (Å²) in [6, 6.07) is 5.82. The summed E-state index contributed by atoms with van der Waals surface area (Å²) in [4.78, 5) is 10.4. The van der Waals surface area contributed by atoms with Crippen LogP contribution in [0.1, 0.15) is 18.1 Å². The molecule has 13 heavy (non-hydrogen) atoms. The topological polar surface area (TPSA) is 37.3 Å². The second kappa shape index (κ2) is 4.60. The number of hydrogen-bond acceptors (Lipinski definition) is 1. The molecule has 1 aromatic rings. The summed E-state index contributed by atoms with van der Waals surface area (Å²) < 4.78 is 1.15. The molecule has 0 amide bonds. The van der Waals surface area contributed by atoms with Gasteiger partial charge in [-0.2, -0.15) is 0 Å². The minimum atomic E-state index is -0.778.